The molecular weight excluding hydrogens is 488 g/mol. The van der Waals surface area contributed by atoms with Crippen LogP contribution in [0.3, 0.4) is 0 Å². The first-order valence-corrected chi connectivity index (χ1v) is 10.00. The van der Waals surface area contributed by atoms with Gasteiger partial charge >= 0.3 is 0 Å². The van der Waals surface area contributed by atoms with E-state index in [-0.39, 0.29) is 11.7 Å². The standard InChI is InChI=1S/C21H14Br2N2O3/c22-15-10-16(23)17(26)9-12(15)11-24-25-21(27)20-13-5-1-3-7-18(13)28-19-8-4-2-6-14(19)20/h1-11,20,26H,(H,25,27)/b24-11-. The summed E-state index contributed by atoms with van der Waals surface area (Å²) < 4.78 is 7.21. The normalized spacial score (nSPS) is 12.9. The van der Waals surface area contributed by atoms with Crippen LogP contribution in [-0.4, -0.2) is 17.2 Å². The third-order valence-corrected chi connectivity index (χ3v) is 5.71. The predicted octanol–water partition coefficient (Wildman–Crippen LogP) is 5.31. The second-order valence-electron chi connectivity index (χ2n) is 6.17. The van der Waals surface area contributed by atoms with Crippen LogP contribution in [0.2, 0.25) is 0 Å². The quantitative estimate of drug-likeness (QED) is 0.377. The molecule has 0 aliphatic carbocycles. The zero-order valence-corrected chi connectivity index (χ0v) is 17.6. The number of phenols is 1. The van der Waals surface area contributed by atoms with E-state index in [2.05, 4.69) is 42.4 Å². The Labute approximate surface area is 178 Å². The monoisotopic (exact) mass is 500 g/mol. The van der Waals surface area contributed by atoms with Gasteiger partial charge in [0.05, 0.1) is 16.6 Å². The van der Waals surface area contributed by atoms with E-state index in [0.717, 1.165) is 15.6 Å². The van der Waals surface area contributed by atoms with Gasteiger partial charge in [0.15, 0.2) is 0 Å². The summed E-state index contributed by atoms with van der Waals surface area (Å²) in [4.78, 5) is 13.0. The number of hydrogen-bond acceptors (Lipinski definition) is 4. The van der Waals surface area contributed by atoms with Crippen molar-refractivity contribution in [2.75, 3.05) is 0 Å². The number of carbonyl (C=O) groups excluding carboxylic acids is 1. The number of fused-ring (bicyclic) bond motifs is 2. The Kier molecular flexibility index (Phi) is 5.19. The molecule has 7 heteroatoms. The maximum atomic E-state index is 13.0. The molecule has 1 aliphatic heterocycles. The van der Waals surface area contributed by atoms with Crippen molar-refractivity contribution in [1.82, 2.24) is 5.43 Å². The first kappa shape index (κ1) is 18.7. The third kappa shape index (κ3) is 3.55. The fourth-order valence-electron chi connectivity index (χ4n) is 3.08. The van der Waals surface area contributed by atoms with Crippen molar-refractivity contribution in [2.45, 2.75) is 5.92 Å². The van der Waals surface area contributed by atoms with E-state index >= 15 is 0 Å². The highest BCUT2D eigenvalue weighted by atomic mass is 79.9. The molecule has 0 saturated heterocycles. The highest BCUT2D eigenvalue weighted by Crippen LogP contribution is 2.43. The summed E-state index contributed by atoms with van der Waals surface area (Å²) in [6, 6.07) is 18.2. The second kappa shape index (κ2) is 7.77. The Bertz CT molecular complexity index is 1050. The van der Waals surface area contributed by atoms with Crippen molar-refractivity contribution in [3.63, 3.8) is 0 Å². The third-order valence-electron chi connectivity index (χ3n) is 4.39. The fraction of sp³-hybridized carbons (Fsp3) is 0.0476. The van der Waals surface area contributed by atoms with Gasteiger partial charge in [-0.2, -0.15) is 5.10 Å². The largest absolute Gasteiger partial charge is 0.507 e. The van der Waals surface area contributed by atoms with E-state index in [9.17, 15) is 9.90 Å². The van der Waals surface area contributed by atoms with Gasteiger partial charge < -0.3 is 9.84 Å². The van der Waals surface area contributed by atoms with Gasteiger partial charge in [-0.3, -0.25) is 4.79 Å². The number of halogens is 2. The highest BCUT2D eigenvalue weighted by molar-refractivity contribution is 9.11. The Hall–Kier alpha value is -2.64. The summed E-state index contributed by atoms with van der Waals surface area (Å²) in [6.45, 7) is 0. The van der Waals surface area contributed by atoms with Crippen LogP contribution < -0.4 is 10.2 Å². The number of amides is 1. The zero-order valence-electron chi connectivity index (χ0n) is 14.4. The average Bonchev–Trinajstić information content (AvgIpc) is 2.69. The van der Waals surface area contributed by atoms with Gasteiger partial charge in [-0.05, 0) is 40.2 Å². The molecule has 4 rings (SSSR count). The summed E-state index contributed by atoms with van der Waals surface area (Å²) in [5, 5.41) is 13.9. The molecule has 0 atom stereocenters. The van der Waals surface area contributed by atoms with Crippen molar-refractivity contribution in [1.29, 1.82) is 0 Å². The van der Waals surface area contributed by atoms with Crippen LogP contribution >= 0.6 is 31.9 Å². The van der Waals surface area contributed by atoms with Crippen molar-refractivity contribution < 1.29 is 14.6 Å². The molecule has 0 saturated carbocycles. The van der Waals surface area contributed by atoms with Crippen LogP contribution in [-0.2, 0) is 4.79 Å². The summed E-state index contributed by atoms with van der Waals surface area (Å²) in [7, 11) is 0. The minimum Gasteiger partial charge on any atom is -0.507 e. The fourth-order valence-corrected chi connectivity index (χ4v) is 4.17. The first-order chi connectivity index (χ1) is 13.5. The number of para-hydroxylation sites is 2. The molecule has 0 radical (unpaired) electrons. The Morgan fingerprint density at radius 2 is 1.61 bits per heavy atom. The Balaban J connectivity index is 1.61. The van der Waals surface area contributed by atoms with Crippen molar-refractivity contribution in [2.24, 2.45) is 5.10 Å². The summed E-state index contributed by atoms with van der Waals surface area (Å²) in [5.74, 6) is 0.608. The number of aromatic hydroxyl groups is 1. The lowest BCUT2D eigenvalue weighted by molar-refractivity contribution is -0.121. The molecule has 3 aromatic rings. The van der Waals surface area contributed by atoms with Gasteiger partial charge in [0.1, 0.15) is 17.2 Å². The highest BCUT2D eigenvalue weighted by Gasteiger charge is 2.32. The molecular formula is C21H14Br2N2O3. The lowest BCUT2D eigenvalue weighted by Crippen LogP contribution is -2.28. The lowest BCUT2D eigenvalue weighted by atomic mass is 9.87. The number of carbonyl (C=O) groups is 1. The van der Waals surface area contributed by atoms with Crippen LogP contribution in [0.15, 0.2) is 74.7 Å². The molecule has 1 aliphatic rings. The number of rotatable bonds is 3. The van der Waals surface area contributed by atoms with E-state index in [1.807, 2.05) is 48.5 Å². The molecule has 0 bridgehead atoms. The minimum atomic E-state index is -0.528. The average molecular weight is 502 g/mol. The summed E-state index contributed by atoms with van der Waals surface area (Å²) >= 11 is 6.65. The summed E-state index contributed by atoms with van der Waals surface area (Å²) in [6.07, 6.45) is 1.48. The van der Waals surface area contributed by atoms with Crippen LogP contribution in [0, 0.1) is 0 Å². The van der Waals surface area contributed by atoms with E-state index in [1.165, 1.54) is 6.21 Å². The maximum Gasteiger partial charge on any atom is 0.252 e. The zero-order chi connectivity index (χ0) is 19.7. The number of nitrogens with zero attached hydrogens (tertiary/aromatic N) is 1. The number of nitrogens with one attached hydrogen (secondary N) is 1. The first-order valence-electron chi connectivity index (χ1n) is 8.41. The Morgan fingerprint density at radius 3 is 2.25 bits per heavy atom. The van der Waals surface area contributed by atoms with Crippen molar-refractivity contribution in [3.05, 3.63) is 86.3 Å². The molecule has 0 unspecified atom stereocenters. The van der Waals surface area contributed by atoms with Gasteiger partial charge in [-0.15, -0.1) is 0 Å². The molecule has 0 aromatic heterocycles. The maximum absolute atomic E-state index is 13.0. The molecule has 5 nitrogen and oxygen atoms in total. The molecule has 140 valence electrons. The number of ether oxygens (including phenoxy) is 1. The van der Waals surface area contributed by atoms with Gasteiger partial charge in [0.25, 0.3) is 5.91 Å². The predicted molar refractivity (Wildman–Crippen MR) is 114 cm³/mol. The lowest BCUT2D eigenvalue weighted by Gasteiger charge is -2.26. The molecule has 1 amide bonds. The number of hydrogen-bond donors (Lipinski definition) is 2. The van der Waals surface area contributed by atoms with Gasteiger partial charge in [-0.25, -0.2) is 5.43 Å². The number of phenolic OH excluding ortho intramolecular Hbond substituents is 1. The van der Waals surface area contributed by atoms with Gasteiger partial charge in [-0.1, -0.05) is 52.3 Å². The molecule has 0 fully saturated rings. The van der Waals surface area contributed by atoms with E-state index in [4.69, 9.17) is 4.74 Å². The van der Waals surface area contributed by atoms with Crippen LogP contribution in [0.5, 0.6) is 17.2 Å². The van der Waals surface area contributed by atoms with Crippen molar-refractivity contribution in [3.8, 4) is 17.2 Å². The van der Waals surface area contributed by atoms with Gasteiger partial charge in [0, 0.05) is 21.2 Å². The smallest absolute Gasteiger partial charge is 0.252 e. The minimum absolute atomic E-state index is 0.0864. The van der Waals surface area contributed by atoms with Crippen LogP contribution in [0.1, 0.15) is 22.6 Å². The van der Waals surface area contributed by atoms with Crippen LogP contribution in [0.4, 0.5) is 0 Å². The van der Waals surface area contributed by atoms with E-state index < -0.39 is 5.92 Å². The molecule has 3 aromatic carbocycles. The SMILES string of the molecule is O=C(N/N=C\c1cc(O)c(Br)cc1Br)C1c2ccccc2Oc2ccccc21. The summed E-state index contributed by atoms with van der Waals surface area (Å²) in [5.41, 5.74) is 4.81. The molecule has 28 heavy (non-hydrogen) atoms. The molecule has 1 heterocycles. The van der Waals surface area contributed by atoms with Crippen LogP contribution in [0.25, 0.3) is 0 Å². The van der Waals surface area contributed by atoms with Gasteiger partial charge in [0.2, 0.25) is 0 Å². The topological polar surface area (TPSA) is 70.9 Å². The van der Waals surface area contributed by atoms with E-state index in [1.54, 1.807) is 12.1 Å². The van der Waals surface area contributed by atoms with E-state index in [0.29, 0.717) is 21.5 Å². The second-order valence-corrected chi connectivity index (χ2v) is 7.88. The Morgan fingerprint density at radius 1 is 1.00 bits per heavy atom. The molecule has 0 spiro atoms. The number of hydrazone groups is 1. The number of benzene rings is 3. The van der Waals surface area contributed by atoms with Crippen molar-refractivity contribution >= 4 is 44.0 Å². The molecule has 2 N–H and O–H groups in total.